The van der Waals surface area contributed by atoms with Crippen molar-refractivity contribution in [2.24, 2.45) is 0 Å². The quantitative estimate of drug-likeness (QED) is 0.165. The molecule has 0 radical (unpaired) electrons. The summed E-state index contributed by atoms with van der Waals surface area (Å²) in [5.74, 6) is 0.282. The first-order chi connectivity index (χ1) is 30.8. The number of halogens is 4. The number of thiophene rings is 1. The molecule has 0 bridgehead atoms. The van der Waals surface area contributed by atoms with Crippen molar-refractivity contribution in [3.8, 4) is 17.1 Å². The Morgan fingerprint density at radius 3 is 1.98 bits per heavy atom. The van der Waals surface area contributed by atoms with Crippen LogP contribution in [-0.2, 0) is 35.5 Å². The molecule has 3 aromatic heterocycles. The van der Waals surface area contributed by atoms with Gasteiger partial charge in [0.05, 0.1) is 86.2 Å². The molecule has 7 rings (SSSR count). The summed E-state index contributed by atoms with van der Waals surface area (Å²) in [4.78, 5) is 22.0. The van der Waals surface area contributed by atoms with Gasteiger partial charge in [-0.15, -0.1) is 22.9 Å². The molecule has 1 aliphatic carbocycles. The minimum absolute atomic E-state index is 0. The van der Waals surface area contributed by atoms with E-state index < -0.39 is 23.1 Å². The molecule has 3 aromatic rings. The standard InChI is InChI=1S/C26H36N6O5S2.C9H19NO.C8H16O.CH2BClF2.FH.K/c1-5-37-19-6-8-31(9-7-19)16-20-17(2)38-24-22(28-26(29-23(20)24)32-10-12-36-13-11-32)18-14-21(30-39(4,33)34)25(35-3)27-15-18;1-3-10-7-5-9(6-8-10)11-4-2;1-2-9-8-6-4-3-5-7-8;3-1-2(4)5;;/h14-15,19,30H,5-13,16H2,1-4H3;9H,3-8H2,1-2H3;8H,2-7H2,1H3;1H2;1H;/q;;;;;+1. The summed E-state index contributed by atoms with van der Waals surface area (Å²) < 4.78 is 76.6. The van der Waals surface area contributed by atoms with Crippen molar-refractivity contribution < 1.29 is 102 Å². The Balaban J connectivity index is 0.000000450. The predicted molar refractivity (Wildman–Crippen MR) is 256 cm³/mol. The van der Waals surface area contributed by atoms with Gasteiger partial charge >= 0.3 is 58.7 Å². The molecule has 0 atom stereocenters. The van der Waals surface area contributed by atoms with E-state index in [9.17, 15) is 17.0 Å². The van der Waals surface area contributed by atoms with Crippen LogP contribution < -0.4 is 75.3 Å². The molecular weight excluding hydrogens is 945 g/mol. The minimum Gasteiger partial charge on any atom is -1.00 e. The molecule has 4 fully saturated rings. The Morgan fingerprint density at radius 1 is 0.909 bits per heavy atom. The first-order valence-electron chi connectivity index (χ1n) is 23.2. The zero-order valence-corrected chi connectivity index (χ0v) is 46.2. The monoisotopic (exact) mass is 1020 g/mol. The van der Waals surface area contributed by atoms with E-state index in [2.05, 4.69) is 65.7 Å². The Kier molecular flexibility index (Phi) is 30.5. The van der Waals surface area contributed by atoms with E-state index >= 15 is 0 Å². The van der Waals surface area contributed by atoms with E-state index in [-0.39, 0.29) is 67.7 Å². The molecular formula is C44H74BClF3KN7O7S2+. The molecule has 4 aliphatic rings. The number of nitrogens with one attached hydrogen (secondary N) is 2. The van der Waals surface area contributed by atoms with Crippen molar-refractivity contribution in [1.82, 2.24) is 19.9 Å². The normalized spacial score (nSPS) is 19.4. The number of hydrogen-bond donors (Lipinski definition) is 2. The number of aromatic nitrogens is 3. The van der Waals surface area contributed by atoms with Crippen LogP contribution in [0.4, 0.5) is 20.3 Å². The van der Waals surface area contributed by atoms with E-state index in [0.29, 0.717) is 56.1 Å². The maximum atomic E-state index is 12.0. The van der Waals surface area contributed by atoms with Gasteiger partial charge in [-0.2, -0.15) is 0 Å². The van der Waals surface area contributed by atoms with Crippen molar-refractivity contribution in [3.05, 3.63) is 22.7 Å². The fraction of sp³-hybridized carbons (Fsp3) is 0.750. The molecule has 3 saturated heterocycles. The molecule has 14 nitrogen and oxygen atoms in total. The number of aryl methyl sites for hydroxylation is 1. The van der Waals surface area contributed by atoms with E-state index in [1.807, 2.05) is 0 Å². The number of pyridine rings is 1. The van der Waals surface area contributed by atoms with Gasteiger partial charge in [0.2, 0.25) is 21.9 Å². The first kappa shape index (κ1) is 61.2. The molecule has 2 N–H and O–H groups in total. The van der Waals surface area contributed by atoms with Gasteiger partial charge in [0.15, 0.2) is 0 Å². The van der Waals surface area contributed by atoms with Gasteiger partial charge in [0, 0.05) is 87.6 Å². The first-order valence-corrected chi connectivity index (χ1v) is 26.5. The summed E-state index contributed by atoms with van der Waals surface area (Å²) in [5.41, 5.74) is 3.82. The van der Waals surface area contributed by atoms with Crippen LogP contribution in [0.5, 0.6) is 5.88 Å². The number of methoxy groups -OCH3 is 1. The maximum absolute atomic E-state index is 12.0. The number of hydrogen-bond acceptors (Lipinski definition) is 13. The van der Waals surface area contributed by atoms with Crippen LogP contribution in [0.3, 0.4) is 0 Å². The van der Waals surface area contributed by atoms with Crippen LogP contribution >= 0.6 is 22.9 Å². The van der Waals surface area contributed by atoms with E-state index in [1.54, 1.807) is 28.5 Å². The Hall–Kier alpha value is -0.919. The van der Waals surface area contributed by atoms with Crippen LogP contribution in [0, 0.1) is 6.92 Å². The topological polar surface area (TPSA) is 142 Å². The largest absolute Gasteiger partial charge is 1.00 e. The molecule has 0 spiro atoms. The van der Waals surface area contributed by atoms with Gasteiger partial charge in [-0.3, -0.25) is 18.3 Å². The molecule has 0 aromatic carbocycles. The number of nitrogens with zero attached hydrogens (tertiary/aromatic N) is 5. The van der Waals surface area contributed by atoms with Crippen molar-refractivity contribution in [2.45, 2.75) is 117 Å². The number of anilines is 2. The van der Waals surface area contributed by atoms with Gasteiger partial charge in [-0.25, -0.2) is 23.4 Å². The number of alkyl halides is 1. The van der Waals surface area contributed by atoms with Crippen LogP contribution in [0.1, 0.15) is 95.9 Å². The number of quaternary nitrogens is 1. The Morgan fingerprint density at radius 2 is 1.47 bits per heavy atom. The summed E-state index contributed by atoms with van der Waals surface area (Å²) >= 11 is 6.25. The fourth-order valence-corrected chi connectivity index (χ4v) is 10.0. The molecule has 0 amide bonds. The Bertz CT molecular complexity index is 1910. The average Bonchev–Trinajstić information content (AvgIpc) is 3.61. The number of rotatable bonds is 15. The van der Waals surface area contributed by atoms with Crippen molar-refractivity contribution >= 4 is 62.1 Å². The zero-order valence-electron chi connectivity index (χ0n) is 40.6. The fourth-order valence-electron chi connectivity index (χ4n) is 8.34. The third-order valence-electron chi connectivity index (χ3n) is 11.7. The Labute approximate surface area is 444 Å². The van der Waals surface area contributed by atoms with E-state index in [4.69, 9.17) is 33.7 Å². The number of morpholine rings is 1. The summed E-state index contributed by atoms with van der Waals surface area (Å²) in [6.45, 7) is 22.5. The van der Waals surface area contributed by atoms with Crippen molar-refractivity contribution in [3.63, 3.8) is 0 Å². The van der Waals surface area contributed by atoms with Crippen molar-refractivity contribution in [1.29, 1.82) is 0 Å². The van der Waals surface area contributed by atoms with Gasteiger partial charge in [-0.1, -0.05) is 19.3 Å². The summed E-state index contributed by atoms with van der Waals surface area (Å²) in [7, 11) is -4.43. The summed E-state index contributed by atoms with van der Waals surface area (Å²) in [5, 5.41) is 0. The second-order valence-electron chi connectivity index (χ2n) is 16.4. The molecule has 22 heteroatoms. The third-order valence-corrected chi connectivity index (χ3v) is 13.6. The van der Waals surface area contributed by atoms with Crippen LogP contribution in [0.2, 0.25) is 0 Å². The number of ether oxygens (including phenoxy) is 5. The number of likely N-dealkylation sites (tertiary alicyclic amines) is 2. The minimum atomic E-state index is -3.54. The number of sulfonamides is 1. The third kappa shape index (κ3) is 20.8. The molecule has 1 saturated carbocycles. The second-order valence-corrected chi connectivity index (χ2v) is 19.7. The van der Waals surface area contributed by atoms with Crippen LogP contribution in [0.15, 0.2) is 12.3 Å². The van der Waals surface area contributed by atoms with Gasteiger partial charge in [0.1, 0.15) is 5.69 Å². The SMILES string of the molecule is CCOC1CCCCC1.CCOC1CCN(Cc2c(C)sc3c(-c4cnc(OC)c(NS(C)(=O)=O)c4)nc(N4CCOCC4)nc23)CC1.CCOC1CC[NH+](CC)CC1.FB(F)CCl.[F-].[K+]. The average molecular weight is 1020 g/mol. The smallest absolute Gasteiger partial charge is 1.00 e. The van der Waals surface area contributed by atoms with Crippen LogP contribution in [0.25, 0.3) is 21.5 Å². The van der Waals surface area contributed by atoms with E-state index in [1.165, 1.54) is 82.1 Å². The van der Waals surface area contributed by atoms with Gasteiger partial charge < -0.3 is 38.2 Å². The summed E-state index contributed by atoms with van der Waals surface area (Å²) in [6.07, 6.45) is 15.6. The molecule has 0 unspecified atom stereocenters. The van der Waals surface area contributed by atoms with Crippen molar-refractivity contribution in [2.75, 3.05) is 108 Å². The number of piperidine rings is 2. The molecule has 6 heterocycles. The maximum Gasteiger partial charge on any atom is 1.00 e. The molecule has 370 valence electrons. The summed E-state index contributed by atoms with van der Waals surface area (Å²) in [6, 6.07) is 1.73. The predicted octanol–water partition coefficient (Wildman–Crippen LogP) is 0.925. The molecule has 3 aliphatic heterocycles. The second kappa shape index (κ2) is 32.9. The number of fused-ring (bicyclic) bond motifs is 1. The zero-order chi connectivity index (χ0) is 46.5. The van der Waals surface area contributed by atoms with E-state index in [0.717, 1.165) is 74.5 Å². The van der Waals surface area contributed by atoms with Gasteiger partial charge in [0.25, 0.3) is 0 Å². The molecule has 66 heavy (non-hydrogen) atoms. The van der Waals surface area contributed by atoms with Gasteiger partial charge in [-0.05, 0) is 66.4 Å². The van der Waals surface area contributed by atoms with Crippen LogP contribution in [-0.4, -0.2) is 152 Å².